The van der Waals surface area contributed by atoms with Crippen LogP contribution in [-0.4, -0.2) is 72.1 Å². The van der Waals surface area contributed by atoms with Gasteiger partial charge in [-0.2, -0.15) is 18.3 Å². The lowest BCUT2D eigenvalue weighted by atomic mass is 9.83. The molecule has 0 spiro atoms. The molecule has 12 nitrogen and oxygen atoms in total. The summed E-state index contributed by atoms with van der Waals surface area (Å²) in [6, 6.07) is 12.3. The highest BCUT2D eigenvalue weighted by Gasteiger charge is 2.47. The van der Waals surface area contributed by atoms with Gasteiger partial charge < -0.3 is 5.32 Å². The number of likely N-dealkylation sites (tertiary alicyclic amines) is 1. The van der Waals surface area contributed by atoms with Gasteiger partial charge in [-0.3, -0.25) is 38.4 Å². The standard InChI is InChI=1S/C39H39F5N8O4/c1-49-34-26(4-2-6-30(34)52(37(49)56)31-14-15-33(53)47-36(31)55)27-16-17-50(21-38(27,40)41)19-22-8-11-25(12-9-22)51-20-23-18-24(10-13-28(23)48-51)45-35(54)29-5-3-7-32(46-29)39(42,43)44/h2-7,10,13,18,20,22,25,27,31H,8-9,11-12,14-17,19,21H2,1H3,(H,45,54)(H,47,53,55). The summed E-state index contributed by atoms with van der Waals surface area (Å²) in [6.07, 6.45) is 0.886. The lowest BCUT2D eigenvalue weighted by Crippen LogP contribution is -2.49. The Kier molecular flexibility index (Phi) is 9.53. The molecule has 0 radical (unpaired) electrons. The summed E-state index contributed by atoms with van der Waals surface area (Å²) in [4.78, 5) is 55.7. The van der Waals surface area contributed by atoms with E-state index in [4.69, 9.17) is 5.10 Å². The van der Waals surface area contributed by atoms with Gasteiger partial charge in [0.05, 0.1) is 35.1 Å². The average Bonchev–Trinajstić information content (AvgIpc) is 3.69. The van der Waals surface area contributed by atoms with Crippen LogP contribution in [0.5, 0.6) is 0 Å². The van der Waals surface area contributed by atoms with Gasteiger partial charge in [-0.05, 0) is 92.9 Å². The molecule has 3 amide bonds. The van der Waals surface area contributed by atoms with Crippen LogP contribution < -0.4 is 16.3 Å². The van der Waals surface area contributed by atoms with Crippen LogP contribution in [0.2, 0.25) is 0 Å². The number of aromatic nitrogens is 5. The van der Waals surface area contributed by atoms with Crippen molar-refractivity contribution in [2.75, 3.05) is 25.0 Å². The number of para-hydroxylation sites is 1. The summed E-state index contributed by atoms with van der Waals surface area (Å²) < 4.78 is 76.0. The number of carbonyl (C=O) groups is 3. The van der Waals surface area contributed by atoms with E-state index in [9.17, 15) is 32.3 Å². The zero-order chi connectivity index (χ0) is 39.5. The van der Waals surface area contributed by atoms with Crippen LogP contribution in [0.1, 0.15) is 84.7 Å². The summed E-state index contributed by atoms with van der Waals surface area (Å²) in [5.74, 6) is -5.73. The molecule has 2 aliphatic heterocycles. The van der Waals surface area contributed by atoms with Crippen molar-refractivity contribution in [3.63, 3.8) is 0 Å². The Labute approximate surface area is 316 Å². The number of imidazole rings is 1. The number of halogens is 5. The van der Waals surface area contributed by atoms with Crippen LogP contribution in [0.25, 0.3) is 21.9 Å². The Morgan fingerprint density at radius 2 is 1.75 bits per heavy atom. The van der Waals surface area contributed by atoms with Crippen LogP contribution in [0.3, 0.4) is 0 Å². The number of hydrogen-bond acceptors (Lipinski definition) is 7. The Bertz CT molecular complexity index is 2410. The zero-order valence-corrected chi connectivity index (χ0v) is 30.4. The van der Waals surface area contributed by atoms with E-state index < -0.39 is 59.7 Å². The first-order valence-electron chi connectivity index (χ1n) is 18.6. The van der Waals surface area contributed by atoms with Crippen molar-refractivity contribution in [2.24, 2.45) is 13.0 Å². The number of pyridine rings is 1. The molecule has 56 heavy (non-hydrogen) atoms. The Morgan fingerprint density at radius 1 is 0.982 bits per heavy atom. The highest BCUT2D eigenvalue weighted by molar-refractivity contribution is 6.04. The monoisotopic (exact) mass is 778 g/mol. The van der Waals surface area contributed by atoms with Crippen LogP contribution in [-0.2, 0) is 22.8 Å². The fourth-order valence-corrected chi connectivity index (χ4v) is 8.71. The van der Waals surface area contributed by atoms with Gasteiger partial charge in [0.25, 0.3) is 11.8 Å². The first kappa shape index (κ1) is 37.5. The summed E-state index contributed by atoms with van der Waals surface area (Å²) in [6.45, 7) is 0.586. The number of piperidine rings is 2. The van der Waals surface area contributed by atoms with E-state index in [-0.39, 0.29) is 36.9 Å². The van der Waals surface area contributed by atoms with Gasteiger partial charge in [-0.25, -0.2) is 18.6 Å². The first-order chi connectivity index (χ1) is 26.7. The number of carbonyl (C=O) groups excluding carboxylic acids is 3. The lowest BCUT2D eigenvalue weighted by Gasteiger charge is -2.41. The van der Waals surface area contributed by atoms with E-state index in [0.29, 0.717) is 40.9 Å². The lowest BCUT2D eigenvalue weighted by molar-refractivity contribution is -0.141. The molecule has 294 valence electrons. The first-order valence-corrected chi connectivity index (χ1v) is 18.6. The van der Waals surface area contributed by atoms with E-state index in [1.165, 1.54) is 22.2 Å². The van der Waals surface area contributed by atoms with Gasteiger partial charge in [0, 0.05) is 37.3 Å². The summed E-state index contributed by atoms with van der Waals surface area (Å²) >= 11 is 0. The maximum Gasteiger partial charge on any atom is 0.433 e. The highest BCUT2D eigenvalue weighted by atomic mass is 19.4. The van der Waals surface area contributed by atoms with Crippen LogP contribution >= 0.6 is 0 Å². The average molecular weight is 779 g/mol. The molecule has 1 aliphatic carbocycles. The van der Waals surface area contributed by atoms with Crippen molar-refractivity contribution in [1.29, 1.82) is 0 Å². The molecular formula is C39H39F5N8O4. The largest absolute Gasteiger partial charge is 0.433 e. The number of aryl methyl sites for hydroxylation is 1. The van der Waals surface area contributed by atoms with Crippen molar-refractivity contribution in [1.82, 2.24) is 34.1 Å². The van der Waals surface area contributed by atoms with Gasteiger partial charge in [0.1, 0.15) is 17.4 Å². The predicted octanol–water partition coefficient (Wildman–Crippen LogP) is 6.19. The quantitative estimate of drug-likeness (QED) is 0.149. The molecule has 2 N–H and O–H groups in total. The van der Waals surface area contributed by atoms with Crippen molar-refractivity contribution >= 4 is 45.3 Å². The molecule has 8 rings (SSSR count). The third-order valence-electron chi connectivity index (χ3n) is 11.5. The molecule has 5 heterocycles. The Hall–Kier alpha value is -5.45. The van der Waals surface area contributed by atoms with E-state index in [1.54, 1.807) is 36.4 Å². The second-order valence-electron chi connectivity index (χ2n) is 15.1. The smallest absolute Gasteiger partial charge is 0.321 e. The SMILES string of the molecule is Cn1c(=O)n(C2CCC(=O)NC2=O)c2cccc(C3CCN(CC4CCC(n5cc6cc(NC(=O)c7cccc(C(F)(F)F)n7)ccc6n5)CC4)CC3(F)F)c21. The third kappa shape index (κ3) is 7.08. The summed E-state index contributed by atoms with van der Waals surface area (Å²) in [7, 11) is 1.52. The molecule has 2 atom stereocenters. The van der Waals surface area contributed by atoms with Crippen molar-refractivity contribution in [3.05, 3.63) is 88.2 Å². The van der Waals surface area contributed by atoms with E-state index >= 15 is 8.78 Å². The second-order valence-corrected chi connectivity index (χ2v) is 15.1. The Balaban J connectivity index is 0.889. The molecule has 0 bridgehead atoms. The molecular weight excluding hydrogens is 739 g/mol. The number of fused-ring (bicyclic) bond motifs is 2. The fraction of sp³-hybridized carbons (Fsp3) is 0.436. The summed E-state index contributed by atoms with van der Waals surface area (Å²) in [5.41, 5.74) is 0.206. The van der Waals surface area contributed by atoms with Crippen LogP contribution in [0, 0.1) is 5.92 Å². The van der Waals surface area contributed by atoms with Gasteiger partial charge in [0.15, 0.2) is 0 Å². The van der Waals surface area contributed by atoms with Gasteiger partial charge in [-0.1, -0.05) is 18.2 Å². The van der Waals surface area contributed by atoms with Crippen molar-refractivity contribution in [2.45, 2.75) is 75.0 Å². The number of nitrogens with one attached hydrogen (secondary N) is 2. The molecule has 3 fully saturated rings. The minimum atomic E-state index is -4.67. The number of alkyl halides is 5. The highest BCUT2D eigenvalue weighted by Crippen LogP contribution is 2.44. The van der Waals surface area contributed by atoms with E-state index in [1.807, 2.05) is 15.8 Å². The molecule has 2 aromatic carbocycles. The number of nitrogens with zero attached hydrogens (tertiary/aromatic N) is 6. The van der Waals surface area contributed by atoms with Gasteiger partial charge in [0.2, 0.25) is 11.8 Å². The molecule has 2 saturated heterocycles. The predicted molar refractivity (Wildman–Crippen MR) is 195 cm³/mol. The molecule has 1 saturated carbocycles. The van der Waals surface area contributed by atoms with Crippen LogP contribution in [0.15, 0.2) is 65.6 Å². The number of hydrogen-bond donors (Lipinski definition) is 2. The molecule has 3 aliphatic rings. The number of amides is 3. The zero-order valence-electron chi connectivity index (χ0n) is 30.4. The Morgan fingerprint density at radius 3 is 2.48 bits per heavy atom. The van der Waals surface area contributed by atoms with Crippen LogP contribution in [0.4, 0.5) is 27.6 Å². The van der Waals surface area contributed by atoms with E-state index in [2.05, 4.69) is 15.6 Å². The minimum absolute atomic E-state index is 0.0816. The fourth-order valence-electron chi connectivity index (χ4n) is 8.71. The minimum Gasteiger partial charge on any atom is -0.321 e. The van der Waals surface area contributed by atoms with Gasteiger partial charge >= 0.3 is 11.9 Å². The maximum atomic E-state index is 16.1. The number of imide groups is 1. The van der Waals surface area contributed by atoms with Crippen molar-refractivity contribution in [3.8, 4) is 0 Å². The number of anilines is 1. The number of rotatable bonds is 7. The molecule has 5 aromatic rings. The number of benzene rings is 2. The normalized spacial score (nSPS) is 23.4. The molecule has 17 heteroatoms. The van der Waals surface area contributed by atoms with Gasteiger partial charge in [-0.15, -0.1) is 0 Å². The molecule has 2 unspecified atom stereocenters. The second kappa shape index (κ2) is 14.2. The topological polar surface area (TPSA) is 136 Å². The summed E-state index contributed by atoms with van der Waals surface area (Å²) in [5, 5.41) is 10.3. The molecule has 3 aromatic heterocycles. The maximum absolute atomic E-state index is 16.1. The third-order valence-corrected chi connectivity index (χ3v) is 11.5. The van der Waals surface area contributed by atoms with Crippen molar-refractivity contribution < 1.29 is 36.3 Å². The van der Waals surface area contributed by atoms with E-state index in [0.717, 1.165) is 43.2 Å².